The first-order valence-corrected chi connectivity index (χ1v) is 7.13. The Hall–Kier alpha value is -1.71. The smallest absolute Gasteiger partial charge is 0.0938 e. The Labute approximate surface area is 116 Å². The van der Waals surface area contributed by atoms with Crippen LogP contribution in [-0.2, 0) is 6.42 Å². The van der Waals surface area contributed by atoms with Gasteiger partial charge in [0, 0.05) is 12.6 Å². The number of thiazole rings is 1. The van der Waals surface area contributed by atoms with E-state index in [4.69, 9.17) is 0 Å². The second-order valence-electron chi connectivity index (χ2n) is 4.64. The van der Waals surface area contributed by atoms with Gasteiger partial charge in [-0.15, -0.1) is 11.3 Å². The van der Waals surface area contributed by atoms with Crippen molar-refractivity contribution in [3.63, 3.8) is 0 Å². The van der Waals surface area contributed by atoms with E-state index in [0.29, 0.717) is 6.42 Å². The third-order valence-electron chi connectivity index (χ3n) is 3.26. The van der Waals surface area contributed by atoms with E-state index >= 15 is 0 Å². The fraction of sp³-hybridized carbons (Fsp3) is 0.188. The molecule has 1 atom stereocenters. The fourth-order valence-corrected chi connectivity index (χ4v) is 3.08. The minimum Gasteiger partial charge on any atom is -0.387 e. The number of hydrogen-bond donors (Lipinski definition) is 1. The average Bonchev–Trinajstić information content (AvgIpc) is 2.86. The number of hydrogen-bond acceptors (Lipinski definition) is 3. The van der Waals surface area contributed by atoms with Crippen LogP contribution in [0.5, 0.6) is 0 Å². The first-order valence-electron chi connectivity index (χ1n) is 6.31. The first-order chi connectivity index (χ1) is 9.24. The van der Waals surface area contributed by atoms with Crippen LogP contribution in [0.3, 0.4) is 0 Å². The monoisotopic (exact) mass is 269 g/mol. The molecule has 1 N–H and O–H groups in total. The van der Waals surface area contributed by atoms with Crippen LogP contribution in [-0.4, -0.2) is 10.1 Å². The second-order valence-corrected chi connectivity index (χ2v) is 5.91. The molecule has 1 aromatic heterocycles. The molecule has 0 saturated carbocycles. The molecule has 19 heavy (non-hydrogen) atoms. The molecule has 0 amide bonds. The van der Waals surface area contributed by atoms with Gasteiger partial charge in [0.1, 0.15) is 0 Å². The first kappa shape index (κ1) is 12.3. The summed E-state index contributed by atoms with van der Waals surface area (Å²) in [6.45, 7) is 1.96. The van der Waals surface area contributed by atoms with Crippen LogP contribution in [0.4, 0.5) is 0 Å². The lowest BCUT2D eigenvalue weighted by Crippen LogP contribution is -2.00. The molecule has 3 aromatic rings. The molecule has 1 unspecified atom stereocenters. The normalized spacial score (nSPS) is 12.7. The summed E-state index contributed by atoms with van der Waals surface area (Å²) < 4.78 is 0. The highest BCUT2D eigenvalue weighted by molar-refractivity contribution is 7.11. The highest BCUT2D eigenvalue weighted by Gasteiger charge is 2.12. The summed E-state index contributed by atoms with van der Waals surface area (Å²) in [6.07, 6.45) is 1.93. The van der Waals surface area contributed by atoms with Crippen molar-refractivity contribution in [1.29, 1.82) is 0 Å². The lowest BCUT2D eigenvalue weighted by molar-refractivity contribution is 0.182. The largest absolute Gasteiger partial charge is 0.387 e. The van der Waals surface area contributed by atoms with Crippen molar-refractivity contribution in [3.8, 4) is 0 Å². The molecule has 0 fully saturated rings. The number of aliphatic hydroxyl groups is 1. The van der Waals surface area contributed by atoms with Crippen LogP contribution in [0, 0.1) is 6.92 Å². The van der Waals surface area contributed by atoms with Gasteiger partial charge in [-0.25, -0.2) is 4.98 Å². The highest BCUT2D eigenvalue weighted by Crippen LogP contribution is 2.27. The number of benzene rings is 2. The third-order valence-corrected chi connectivity index (χ3v) is 4.27. The number of aromatic nitrogens is 1. The van der Waals surface area contributed by atoms with Crippen LogP contribution in [0.2, 0.25) is 0 Å². The Morgan fingerprint density at radius 1 is 1.16 bits per heavy atom. The van der Waals surface area contributed by atoms with Crippen LogP contribution in [0.25, 0.3) is 10.8 Å². The highest BCUT2D eigenvalue weighted by atomic mass is 32.1. The zero-order valence-electron chi connectivity index (χ0n) is 10.7. The van der Waals surface area contributed by atoms with Crippen LogP contribution in [0.1, 0.15) is 21.6 Å². The molecule has 0 spiro atoms. The molecule has 0 aliphatic heterocycles. The standard InChI is InChI=1S/C16H15NOS/c1-11-17-10-16(19-11)15(18)9-13-7-4-6-12-5-2-3-8-14(12)13/h2-8,10,15,18H,9H2,1H3. The Balaban J connectivity index is 1.93. The minimum atomic E-state index is -0.475. The maximum absolute atomic E-state index is 10.3. The van der Waals surface area contributed by atoms with E-state index in [2.05, 4.69) is 29.2 Å². The molecule has 0 aliphatic carbocycles. The van der Waals surface area contributed by atoms with E-state index in [1.54, 1.807) is 17.5 Å². The molecule has 0 saturated heterocycles. The molecule has 3 heteroatoms. The molecule has 2 aromatic carbocycles. The molecule has 0 bridgehead atoms. The van der Waals surface area contributed by atoms with E-state index < -0.39 is 6.10 Å². The van der Waals surface area contributed by atoms with Crippen molar-refractivity contribution in [2.24, 2.45) is 0 Å². The van der Waals surface area contributed by atoms with Gasteiger partial charge in [0.15, 0.2) is 0 Å². The quantitative estimate of drug-likeness (QED) is 0.782. The molecule has 96 valence electrons. The van der Waals surface area contributed by atoms with Crippen molar-refractivity contribution in [2.75, 3.05) is 0 Å². The van der Waals surface area contributed by atoms with Gasteiger partial charge in [-0.3, -0.25) is 0 Å². The Kier molecular flexibility index (Phi) is 3.32. The van der Waals surface area contributed by atoms with Crippen molar-refractivity contribution < 1.29 is 5.11 Å². The summed E-state index contributed by atoms with van der Waals surface area (Å²) >= 11 is 1.56. The Morgan fingerprint density at radius 3 is 2.74 bits per heavy atom. The van der Waals surface area contributed by atoms with Gasteiger partial charge in [0.25, 0.3) is 0 Å². The van der Waals surface area contributed by atoms with Gasteiger partial charge in [-0.1, -0.05) is 42.5 Å². The lowest BCUT2D eigenvalue weighted by Gasteiger charge is -2.10. The van der Waals surface area contributed by atoms with Crippen molar-refractivity contribution >= 4 is 22.1 Å². The topological polar surface area (TPSA) is 33.1 Å². The summed E-state index contributed by atoms with van der Waals surface area (Å²) in [5.74, 6) is 0. The maximum atomic E-state index is 10.3. The van der Waals surface area contributed by atoms with Crippen molar-refractivity contribution in [3.05, 3.63) is 64.1 Å². The molecular weight excluding hydrogens is 254 g/mol. The predicted molar refractivity (Wildman–Crippen MR) is 79.5 cm³/mol. The molecule has 2 nitrogen and oxygen atoms in total. The molecular formula is C16H15NOS. The van der Waals surface area contributed by atoms with Gasteiger partial charge in [0.2, 0.25) is 0 Å². The molecule has 0 radical (unpaired) electrons. The summed E-state index contributed by atoms with van der Waals surface area (Å²) in [6, 6.07) is 14.5. The van der Waals surface area contributed by atoms with Gasteiger partial charge in [-0.2, -0.15) is 0 Å². The third kappa shape index (κ3) is 2.53. The second kappa shape index (κ2) is 5.11. The molecule has 1 heterocycles. The van der Waals surface area contributed by atoms with E-state index in [1.807, 2.05) is 25.1 Å². The molecule has 0 aliphatic rings. The van der Waals surface area contributed by atoms with Crippen molar-refractivity contribution in [1.82, 2.24) is 4.98 Å². The zero-order valence-corrected chi connectivity index (χ0v) is 11.5. The van der Waals surface area contributed by atoms with Crippen LogP contribution < -0.4 is 0 Å². The van der Waals surface area contributed by atoms with Crippen LogP contribution >= 0.6 is 11.3 Å². The summed E-state index contributed by atoms with van der Waals surface area (Å²) in [5, 5.41) is 13.7. The van der Waals surface area contributed by atoms with Crippen molar-refractivity contribution in [2.45, 2.75) is 19.4 Å². The number of aliphatic hydroxyl groups excluding tert-OH is 1. The van der Waals surface area contributed by atoms with Gasteiger partial charge in [-0.05, 0) is 23.3 Å². The summed E-state index contributed by atoms with van der Waals surface area (Å²) in [5.41, 5.74) is 1.18. The number of fused-ring (bicyclic) bond motifs is 1. The van der Waals surface area contributed by atoms with Crippen LogP contribution in [0.15, 0.2) is 48.7 Å². The molecule has 3 rings (SSSR count). The Bertz CT molecular complexity index is 699. The number of rotatable bonds is 3. The zero-order chi connectivity index (χ0) is 13.2. The average molecular weight is 269 g/mol. The summed E-state index contributed by atoms with van der Waals surface area (Å²) in [7, 11) is 0. The van der Waals surface area contributed by atoms with E-state index in [-0.39, 0.29) is 0 Å². The predicted octanol–water partition coefficient (Wildman–Crippen LogP) is 3.88. The lowest BCUT2D eigenvalue weighted by atomic mass is 9.99. The van der Waals surface area contributed by atoms with Gasteiger partial charge < -0.3 is 5.11 Å². The van der Waals surface area contributed by atoms with E-state index in [9.17, 15) is 5.11 Å². The Morgan fingerprint density at radius 2 is 1.95 bits per heavy atom. The SMILES string of the molecule is Cc1ncc(C(O)Cc2cccc3ccccc23)s1. The summed E-state index contributed by atoms with van der Waals surface area (Å²) in [4.78, 5) is 5.14. The fourth-order valence-electron chi connectivity index (χ4n) is 2.31. The van der Waals surface area contributed by atoms with Gasteiger partial charge >= 0.3 is 0 Å². The van der Waals surface area contributed by atoms with Gasteiger partial charge in [0.05, 0.1) is 16.0 Å². The van der Waals surface area contributed by atoms with E-state index in [1.165, 1.54) is 16.3 Å². The maximum Gasteiger partial charge on any atom is 0.0938 e. The minimum absolute atomic E-state index is 0.475. The number of nitrogens with zero attached hydrogens (tertiary/aromatic N) is 1. The number of aryl methyl sites for hydroxylation is 1. The van der Waals surface area contributed by atoms with E-state index in [0.717, 1.165) is 9.88 Å².